The van der Waals surface area contributed by atoms with Crippen LogP contribution in [0.5, 0.6) is 0 Å². The molecule has 6 heteroatoms. The molecular weight excluding hydrogens is 476 g/mol. The number of hydrogen-bond donors (Lipinski definition) is 0. The van der Waals surface area contributed by atoms with Gasteiger partial charge in [-0.2, -0.15) is 0 Å². The third kappa shape index (κ3) is 4.65. The van der Waals surface area contributed by atoms with Crippen molar-refractivity contribution in [2.45, 2.75) is 17.9 Å². The van der Waals surface area contributed by atoms with Crippen LogP contribution >= 0.6 is 11.6 Å². The number of aryl methyl sites for hydroxylation is 1. The second kappa shape index (κ2) is 9.53. The van der Waals surface area contributed by atoms with Crippen molar-refractivity contribution < 1.29 is 8.42 Å². The first kappa shape index (κ1) is 23.1. The van der Waals surface area contributed by atoms with Gasteiger partial charge in [0.1, 0.15) is 6.04 Å². The van der Waals surface area contributed by atoms with Crippen LogP contribution in [0.4, 0.5) is 0 Å². The van der Waals surface area contributed by atoms with Crippen molar-refractivity contribution in [2.24, 2.45) is 4.99 Å². The quantitative estimate of drug-likeness (QED) is 0.301. The van der Waals surface area contributed by atoms with Gasteiger partial charge in [0.25, 0.3) is 10.0 Å². The molecule has 35 heavy (non-hydrogen) atoms. The number of benzene rings is 4. The normalized spacial score (nSPS) is 15.9. The predicted octanol–water partition coefficient (Wildman–Crippen LogP) is 6.88. The standard InChI is InChI=1S/C29H23ClN2O2S/c1-21-12-18-26(19-13-21)35(33,34)32-20-27(22-14-16-25(30)17-15-22)31-28(23-8-4-2-5-9-23)29(32)24-10-6-3-7-11-24/h2-20,29H,1H3. The first-order chi connectivity index (χ1) is 16.9. The fraction of sp³-hybridized carbons (Fsp3) is 0.0690. The molecule has 1 unspecified atom stereocenters. The van der Waals surface area contributed by atoms with Crippen LogP contribution in [0.15, 0.2) is 125 Å². The summed E-state index contributed by atoms with van der Waals surface area (Å²) in [4.78, 5) is 5.24. The van der Waals surface area contributed by atoms with E-state index >= 15 is 0 Å². The summed E-state index contributed by atoms with van der Waals surface area (Å²) in [6, 6.07) is 32.8. The zero-order valence-corrected chi connectivity index (χ0v) is 20.6. The van der Waals surface area contributed by atoms with E-state index in [2.05, 4.69) is 0 Å². The molecule has 0 fully saturated rings. The number of nitrogens with zero attached hydrogens (tertiary/aromatic N) is 2. The zero-order valence-electron chi connectivity index (χ0n) is 19.0. The molecule has 1 heterocycles. The van der Waals surface area contributed by atoms with Gasteiger partial charge in [-0.3, -0.25) is 4.31 Å². The first-order valence-electron chi connectivity index (χ1n) is 11.2. The highest BCUT2D eigenvalue weighted by Crippen LogP contribution is 2.38. The van der Waals surface area contributed by atoms with E-state index in [9.17, 15) is 8.42 Å². The van der Waals surface area contributed by atoms with Crippen LogP contribution in [0.3, 0.4) is 0 Å². The molecule has 0 amide bonds. The number of hydrogen-bond acceptors (Lipinski definition) is 3. The molecule has 0 saturated carbocycles. The molecule has 0 radical (unpaired) electrons. The minimum absolute atomic E-state index is 0.227. The molecule has 1 aliphatic rings. The van der Waals surface area contributed by atoms with E-state index in [0.717, 1.165) is 22.3 Å². The van der Waals surface area contributed by atoms with Crippen LogP contribution in [0.1, 0.15) is 28.3 Å². The second-order valence-electron chi connectivity index (χ2n) is 8.35. The number of sulfonamides is 1. The van der Waals surface area contributed by atoms with Gasteiger partial charge in [0.15, 0.2) is 0 Å². The summed E-state index contributed by atoms with van der Waals surface area (Å²) < 4.78 is 29.6. The monoisotopic (exact) mass is 498 g/mol. The summed E-state index contributed by atoms with van der Waals surface area (Å²) in [5.41, 5.74) is 4.65. The summed E-state index contributed by atoms with van der Waals surface area (Å²) >= 11 is 6.11. The van der Waals surface area contributed by atoms with Crippen molar-refractivity contribution in [3.05, 3.63) is 143 Å². The SMILES string of the molecule is Cc1ccc(S(=O)(=O)N2C=C(c3ccc(Cl)cc3)N=C(c3ccccc3)C2c2ccccc2)cc1. The van der Waals surface area contributed by atoms with Gasteiger partial charge in [-0.05, 0) is 42.3 Å². The Morgan fingerprint density at radius 1 is 0.743 bits per heavy atom. The van der Waals surface area contributed by atoms with E-state index in [1.807, 2.05) is 91.9 Å². The summed E-state index contributed by atoms with van der Waals surface area (Å²) in [7, 11) is -3.92. The van der Waals surface area contributed by atoms with Gasteiger partial charge in [-0.15, -0.1) is 0 Å². The largest absolute Gasteiger partial charge is 0.264 e. The van der Waals surface area contributed by atoms with E-state index in [-0.39, 0.29) is 4.90 Å². The maximum absolute atomic E-state index is 14.1. The number of aliphatic imine (C=N–C) groups is 1. The van der Waals surface area contributed by atoms with Crippen molar-refractivity contribution >= 4 is 33.0 Å². The fourth-order valence-electron chi connectivity index (χ4n) is 4.11. The average Bonchev–Trinajstić information content (AvgIpc) is 2.89. The van der Waals surface area contributed by atoms with Crippen LogP contribution in [-0.2, 0) is 10.0 Å². The highest BCUT2D eigenvalue weighted by molar-refractivity contribution is 7.89. The molecule has 0 bridgehead atoms. The predicted molar refractivity (Wildman–Crippen MR) is 142 cm³/mol. The Morgan fingerprint density at radius 2 is 1.34 bits per heavy atom. The van der Waals surface area contributed by atoms with Crippen LogP contribution < -0.4 is 0 Å². The molecule has 174 valence electrons. The maximum atomic E-state index is 14.1. The lowest BCUT2D eigenvalue weighted by Gasteiger charge is -2.35. The molecule has 0 saturated heterocycles. The molecule has 1 aliphatic heterocycles. The number of rotatable bonds is 5. The Labute approximate surface area is 210 Å². The van der Waals surface area contributed by atoms with Crippen LogP contribution in [-0.4, -0.2) is 18.4 Å². The third-order valence-corrected chi connectivity index (χ3v) is 7.92. The molecule has 1 atom stereocenters. The van der Waals surface area contributed by atoms with Crippen molar-refractivity contribution in [2.75, 3.05) is 0 Å². The molecule has 5 rings (SSSR count). The molecule has 0 aliphatic carbocycles. The van der Waals surface area contributed by atoms with E-state index in [0.29, 0.717) is 16.4 Å². The summed E-state index contributed by atoms with van der Waals surface area (Å²) in [6.45, 7) is 1.93. The molecule has 0 N–H and O–H groups in total. The topological polar surface area (TPSA) is 49.7 Å². The summed E-state index contributed by atoms with van der Waals surface area (Å²) in [6.07, 6.45) is 1.63. The smallest absolute Gasteiger partial charge is 0.258 e. The van der Waals surface area contributed by atoms with E-state index in [1.54, 1.807) is 30.5 Å². The molecule has 4 aromatic rings. The minimum atomic E-state index is -3.92. The minimum Gasteiger partial charge on any atom is -0.258 e. The highest BCUT2D eigenvalue weighted by atomic mass is 35.5. The van der Waals surface area contributed by atoms with Gasteiger partial charge in [0, 0.05) is 16.8 Å². The van der Waals surface area contributed by atoms with Crippen molar-refractivity contribution in [3.8, 4) is 0 Å². The van der Waals surface area contributed by atoms with Gasteiger partial charge < -0.3 is 0 Å². The lowest BCUT2D eigenvalue weighted by Crippen LogP contribution is -2.38. The van der Waals surface area contributed by atoms with Gasteiger partial charge in [0.05, 0.1) is 16.3 Å². The van der Waals surface area contributed by atoms with Gasteiger partial charge in [0.2, 0.25) is 0 Å². The Kier molecular flexibility index (Phi) is 6.29. The van der Waals surface area contributed by atoms with Crippen molar-refractivity contribution in [1.29, 1.82) is 0 Å². The lowest BCUT2D eigenvalue weighted by atomic mass is 9.95. The molecule has 0 aromatic heterocycles. The highest BCUT2D eigenvalue weighted by Gasteiger charge is 2.37. The first-order valence-corrected chi connectivity index (χ1v) is 13.0. The second-order valence-corrected chi connectivity index (χ2v) is 10.6. The Bertz CT molecular complexity index is 1500. The van der Waals surface area contributed by atoms with E-state index in [4.69, 9.17) is 16.6 Å². The van der Waals surface area contributed by atoms with Crippen LogP contribution in [0.25, 0.3) is 5.70 Å². The molecule has 0 spiro atoms. The summed E-state index contributed by atoms with van der Waals surface area (Å²) in [5.74, 6) is 0. The Hall–Kier alpha value is -3.67. The van der Waals surface area contributed by atoms with Gasteiger partial charge in [-0.25, -0.2) is 13.4 Å². The maximum Gasteiger partial charge on any atom is 0.264 e. The van der Waals surface area contributed by atoms with Crippen LogP contribution in [0.2, 0.25) is 5.02 Å². The Balaban J connectivity index is 1.76. The van der Waals surface area contributed by atoms with Crippen LogP contribution in [0, 0.1) is 6.92 Å². The molecule has 4 nitrogen and oxygen atoms in total. The fourth-order valence-corrected chi connectivity index (χ4v) is 5.69. The Morgan fingerprint density at radius 3 is 1.97 bits per heavy atom. The average molecular weight is 499 g/mol. The van der Waals surface area contributed by atoms with Gasteiger partial charge >= 0.3 is 0 Å². The van der Waals surface area contributed by atoms with Crippen molar-refractivity contribution in [1.82, 2.24) is 4.31 Å². The lowest BCUT2D eigenvalue weighted by molar-refractivity contribution is 0.470. The summed E-state index contributed by atoms with van der Waals surface area (Å²) in [5, 5.41) is 0.601. The van der Waals surface area contributed by atoms with Gasteiger partial charge in [-0.1, -0.05) is 102 Å². The molecular formula is C29H23ClN2O2S. The number of halogens is 1. The van der Waals surface area contributed by atoms with E-state index in [1.165, 1.54) is 4.31 Å². The zero-order chi connectivity index (χ0) is 24.4. The third-order valence-electron chi connectivity index (χ3n) is 5.93. The molecule has 4 aromatic carbocycles. The van der Waals surface area contributed by atoms with Crippen molar-refractivity contribution in [3.63, 3.8) is 0 Å². The van der Waals surface area contributed by atoms with E-state index < -0.39 is 16.1 Å².